The number of hydrogen-bond donors (Lipinski definition) is 0. The lowest BCUT2D eigenvalue weighted by Gasteiger charge is -2.17. The van der Waals surface area contributed by atoms with Gasteiger partial charge in [-0.15, -0.1) is 0 Å². The first-order valence-corrected chi connectivity index (χ1v) is 14.4. The summed E-state index contributed by atoms with van der Waals surface area (Å²) in [4.78, 5) is 0. The maximum atomic E-state index is 6.77. The van der Waals surface area contributed by atoms with Crippen LogP contribution in [0.4, 0.5) is 0 Å². The van der Waals surface area contributed by atoms with E-state index in [9.17, 15) is 0 Å². The Morgan fingerprint density at radius 2 is 0.929 bits per heavy atom. The lowest BCUT2D eigenvalue weighted by Crippen LogP contribution is -1.92. The van der Waals surface area contributed by atoms with E-state index in [0.29, 0.717) is 0 Å². The standard InChI is InChI=1S/C40H25NO/c1-3-13-26(14-4-1)37-29-17-7-9-19-31(29)38(32-20-10-8-18-30(32)37)27-23-24-34-36(25-27)42-40-39(34)33-21-11-12-22-35(33)41(40)28-15-5-2-6-16-28/h1-25H. The largest absolute Gasteiger partial charge is 0.439 e. The SMILES string of the molecule is c1ccc(-c2c3ccccc3c(-c3ccc4c(c3)oc3c4c4ccccc4n3-c3ccccc3)c3ccccc23)cc1. The normalized spacial score (nSPS) is 11.8. The third kappa shape index (κ3) is 3.27. The fourth-order valence-corrected chi connectivity index (χ4v) is 6.84. The average Bonchev–Trinajstić information content (AvgIpc) is 3.58. The van der Waals surface area contributed by atoms with Crippen LogP contribution in [0.3, 0.4) is 0 Å². The molecule has 7 aromatic carbocycles. The van der Waals surface area contributed by atoms with Crippen molar-refractivity contribution in [2.45, 2.75) is 0 Å². The zero-order valence-corrected chi connectivity index (χ0v) is 22.8. The predicted molar refractivity (Wildman–Crippen MR) is 176 cm³/mol. The highest BCUT2D eigenvalue weighted by atomic mass is 16.3. The Morgan fingerprint density at radius 1 is 0.405 bits per heavy atom. The number of fused-ring (bicyclic) bond motifs is 7. The van der Waals surface area contributed by atoms with E-state index in [1.54, 1.807) is 0 Å². The molecule has 2 heterocycles. The summed E-state index contributed by atoms with van der Waals surface area (Å²) in [5.41, 5.74) is 8.92. The van der Waals surface area contributed by atoms with E-state index in [4.69, 9.17) is 4.42 Å². The monoisotopic (exact) mass is 535 g/mol. The third-order valence-corrected chi connectivity index (χ3v) is 8.59. The van der Waals surface area contributed by atoms with Gasteiger partial charge in [0, 0.05) is 16.5 Å². The number of para-hydroxylation sites is 2. The topological polar surface area (TPSA) is 18.1 Å². The molecule has 196 valence electrons. The van der Waals surface area contributed by atoms with Gasteiger partial charge in [0.15, 0.2) is 0 Å². The van der Waals surface area contributed by atoms with E-state index in [-0.39, 0.29) is 0 Å². The van der Waals surface area contributed by atoms with E-state index in [1.807, 2.05) is 0 Å². The van der Waals surface area contributed by atoms with Crippen molar-refractivity contribution in [3.05, 3.63) is 152 Å². The molecule has 9 aromatic rings. The highest BCUT2D eigenvalue weighted by Crippen LogP contribution is 2.45. The average molecular weight is 536 g/mol. The Labute approximate surface area is 242 Å². The van der Waals surface area contributed by atoms with Gasteiger partial charge < -0.3 is 4.42 Å². The third-order valence-electron chi connectivity index (χ3n) is 8.59. The van der Waals surface area contributed by atoms with Crippen LogP contribution in [0.25, 0.3) is 82.5 Å². The van der Waals surface area contributed by atoms with Gasteiger partial charge in [-0.05, 0) is 74.1 Å². The van der Waals surface area contributed by atoms with E-state index < -0.39 is 0 Å². The van der Waals surface area contributed by atoms with Crippen LogP contribution < -0.4 is 0 Å². The van der Waals surface area contributed by atoms with Crippen LogP contribution in [0.2, 0.25) is 0 Å². The van der Waals surface area contributed by atoms with Crippen molar-refractivity contribution in [2.75, 3.05) is 0 Å². The molecular formula is C40H25NO. The molecule has 0 N–H and O–H groups in total. The summed E-state index contributed by atoms with van der Waals surface area (Å²) >= 11 is 0. The molecule has 0 saturated heterocycles. The number of furan rings is 1. The number of nitrogens with zero attached hydrogens (tertiary/aromatic N) is 1. The molecule has 0 aliphatic heterocycles. The van der Waals surface area contributed by atoms with Crippen LogP contribution in [-0.4, -0.2) is 4.57 Å². The Bertz CT molecular complexity index is 2390. The van der Waals surface area contributed by atoms with Crippen LogP contribution in [0.1, 0.15) is 0 Å². The van der Waals surface area contributed by atoms with Crippen molar-refractivity contribution < 1.29 is 4.42 Å². The summed E-state index contributed by atoms with van der Waals surface area (Å²) in [5.74, 6) is 0. The summed E-state index contributed by atoms with van der Waals surface area (Å²) < 4.78 is 9.01. The zero-order valence-electron chi connectivity index (χ0n) is 22.8. The first-order valence-electron chi connectivity index (χ1n) is 14.4. The lowest BCUT2D eigenvalue weighted by atomic mass is 9.86. The molecule has 0 saturated carbocycles. The fourth-order valence-electron chi connectivity index (χ4n) is 6.84. The van der Waals surface area contributed by atoms with Gasteiger partial charge in [-0.3, -0.25) is 4.57 Å². The Morgan fingerprint density at radius 3 is 1.57 bits per heavy atom. The van der Waals surface area contributed by atoms with Crippen LogP contribution in [0, 0.1) is 0 Å². The minimum atomic E-state index is 0.878. The fraction of sp³-hybridized carbons (Fsp3) is 0. The molecule has 9 rings (SSSR count). The van der Waals surface area contributed by atoms with E-state index in [0.717, 1.165) is 38.8 Å². The molecular weight excluding hydrogens is 510 g/mol. The minimum absolute atomic E-state index is 0.878. The number of aromatic nitrogens is 1. The van der Waals surface area contributed by atoms with Crippen LogP contribution in [0.15, 0.2) is 156 Å². The van der Waals surface area contributed by atoms with Crippen molar-refractivity contribution in [1.82, 2.24) is 4.57 Å². The van der Waals surface area contributed by atoms with Crippen LogP contribution in [0.5, 0.6) is 0 Å². The second-order valence-electron chi connectivity index (χ2n) is 10.9. The van der Waals surface area contributed by atoms with Gasteiger partial charge >= 0.3 is 0 Å². The quantitative estimate of drug-likeness (QED) is 0.206. The molecule has 0 radical (unpaired) electrons. The van der Waals surface area contributed by atoms with Crippen molar-refractivity contribution in [1.29, 1.82) is 0 Å². The van der Waals surface area contributed by atoms with Crippen molar-refractivity contribution in [3.8, 4) is 27.9 Å². The Hall–Kier alpha value is -5.60. The highest BCUT2D eigenvalue weighted by molar-refractivity contribution is 6.23. The Kier molecular flexibility index (Phi) is 4.93. The summed E-state index contributed by atoms with van der Waals surface area (Å²) in [6.45, 7) is 0. The minimum Gasteiger partial charge on any atom is -0.439 e. The molecule has 2 nitrogen and oxygen atoms in total. The first kappa shape index (κ1) is 23.1. The van der Waals surface area contributed by atoms with Crippen molar-refractivity contribution >= 4 is 54.5 Å². The molecule has 0 fully saturated rings. The van der Waals surface area contributed by atoms with Crippen molar-refractivity contribution in [3.63, 3.8) is 0 Å². The molecule has 0 bridgehead atoms. The zero-order chi connectivity index (χ0) is 27.6. The highest BCUT2D eigenvalue weighted by Gasteiger charge is 2.21. The summed E-state index contributed by atoms with van der Waals surface area (Å²) in [7, 11) is 0. The van der Waals surface area contributed by atoms with Gasteiger partial charge in [-0.1, -0.05) is 121 Å². The maximum Gasteiger partial charge on any atom is 0.213 e. The second-order valence-corrected chi connectivity index (χ2v) is 10.9. The Balaban J connectivity index is 1.36. The molecule has 0 spiro atoms. The van der Waals surface area contributed by atoms with Crippen LogP contribution in [-0.2, 0) is 0 Å². The van der Waals surface area contributed by atoms with E-state index >= 15 is 0 Å². The molecule has 0 aliphatic carbocycles. The van der Waals surface area contributed by atoms with Crippen molar-refractivity contribution in [2.24, 2.45) is 0 Å². The van der Waals surface area contributed by atoms with Crippen LogP contribution >= 0.6 is 0 Å². The first-order chi connectivity index (χ1) is 20.9. The summed E-state index contributed by atoms with van der Waals surface area (Å²) in [6.07, 6.45) is 0. The van der Waals surface area contributed by atoms with Gasteiger partial charge in [-0.2, -0.15) is 0 Å². The molecule has 42 heavy (non-hydrogen) atoms. The second kappa shape index (κ2) is 8.95. The number of rotatable bonds is 3. The van der Waals surface area contributed by atoms with Gasteiger partial charge in [0.2, 0.25) is 5.71 Å². The molecule has 0 unspecified atom stereocenters. The number of benzene rings is 7. The maximum absolute atomic E-state index is 6.77. The lowest BCUT2D eigenvalue weighted by molar-refractivity contribution is 0.645. The van der Waals surface area contributed by atoms with E-state index in [1.165, 1.54) is 43.6 Å². The molecule has 2 heteroatoms. The number of hydrogen-bond acceptors (Lipinski definition) is 1. The molecule has 0 aliphatic rings. The smallest absolute Gasteiger partial charge is 0.213 e. The predicted octanol–water partition coefficient (Wildman–Crippen LogP) is 11.2. The van der Waals surface area contributed by atoms with Gasteiger partial charge in [0.05, 0.1) is 10.9 Å². The van der Waals surface area contributed by atoms with Gasteiger partial charge in [0.25, 0.3) is 0 Å². The molecule has 2 aromatic heterocycles. The summed E-state index contributed by atoms with van der Waals surface area (Å²) in [6, 6.07) is 54.1. The van der Waals surface area contributed by atoms with Gasteiger partial charge in [0.1, 0.15) is 5.58 Å². The molecule has 0 atom stereocenters. The van der Waals surface area contributed by atoms with Gasteiger partial charge in [-0.25, -0.2) is 0 Å². The molecule has 0 amide bonds. The summed E-state index contributed by atoms with van der Waals surface area (Å²) in [5, 5.41) is 8.48. The van der Waals surface area contributed by atoms with E-state index in [2.05, 4.69) is 156 Å².